The highest BCUT2D eigenvalue weighted by molar-refractivity contribution is 7.80. The molecule has 6 nitrogen and oxygen atoms in total. The van der Waals surface area contributed by atoms with E-state index in [0.29, 0.717) is 17.9 Å². The summed E-state index contributed by atoms with van der Waals surface area (Å²) in [6.45, 7) is 2.35. The lowest BCUT2D eigenvalue weighted by molar-refractivity contribution is -0.121. The quantitative estimate of drug-likeness (QED) is 0.609. The van der Waals surface area contributed by atoms with Crippen LogP contribution in [-0.4, -0.2) is 27.8 Å². The van der Waals surface area contributed by atoms with Crippen molar-refractivity contribution in [3.8, 4) is 0 Å². The zero-order valence-corrected chi connectivity index (χ0v) is 10.4. The Labute approximate surface area is 103 Å². The maximum atomic E-state index is 11.4. The molecule has 17 heavy (non-hydrogen) atoms. The topological polar surface area (TPSA) is 84.0 Å². The number of hydrogen-bond acceptors (Lipinski definition) is 4. The summed E-state index contributed by atoms with van der Waals surface area (Å²) in [5.74, 6) is 0.429. The highest BCUT2D eigenvalue weighted by Gasteiger charge is 2.04. The van der Waals surface area contributed by atoms with Gasteiger partial charge in [0.25, 0.3) is 5.56 Å². The third-order valence-corrected chi connectivity index (χ3v) is 2.43. The number of aromatic nitrogens is 2. The predicted molar refractivity (Wildman–Crippen MR) is 67.5 cm³/mol. The lowest BCUT2D eigenvalue weighted by Crippen LogP contribution is -2.33. The number of aromatic amines is 1. The van der Waals surface area contributed by atoms with Crippen molar-refractivity contribution in [2.75, 3.05) is 12.3 Å². The van der Waals surface area contributed by atoms with E-state index >= 15 is 0 Å². The second-order valence-corrected chi connectivity index (χ2v) is 4.04. The first-order valence-corrected chi connectivity index (χ1v) is 5.85. The van der Waals surface area contributed by atoms with Crippen LogP contribution in [-0.2, 0) is 11.3 Å². The first-order chi connectivity index (χ1) is 8.04. The van der Waals surface area contributed by atoms with Gasteiger partial charge < -0.3 is 5.32 Å². The molecule has 7 heteroatoms. The maximum absolute atomic E-state index is 11.4. The molecule has 0 fully saturated rings. The first kappa shape index (κ1) is 13.6. The fraction of sp³-hybridized carbons (Fsp3) is 0.500. The van der Waals surface area contributed by atoms with Gasteiger partial charge in [0, 0.05) is 37.0 Å². The van der Waals surface area contributed by atoms with Crippen molar-refractivity contribution >= 4 is 18.5 Å². The number of nitrogens with zero attached hydrogens (tertiary/aromatic N) is 1. The van der Waals surface area contributed by atoms with Crippen LogP contribution >= 0.6 is 12.6 Å². The smallest absolute Gasteiger partial charge is 0.328 e. The van der Waals surface area contributed by atoms with Crippen molar-refractivity contribution in [2.45, 2.75) is 19.9 Å². The van der Waals surface area contributed by atoms with Gasteiger partial charge in [-0.05, 0) is 6.92 Å². The molecule has 94 valence electrons. The standard InChI is InChI=1S/C10H15N3O3S/c1-7-6-13(10(16)12-9(7)15)4-2-8(14)11-3-5-17/h6,17H,2-5H2,1H3,(H,11,14)(H,12,15,16). The van der Waals surface area contributed by atoms with Crippen LogP contribution in [0.2, 0.25) is 0 Å². The second kappa shape index (κ2) is 6.29. The molecule has 0 unspecified atom stereocenters. The summed E-state index contributed by atoms with van der Waals surface area (Å²) in [5, 5.41) is 2.65. The van der Waals surface area contributed by atoms with E-state index in [1.807, 2.05) is 0 Å². The van der Waals surface area contributed by atoms with E-state index in [4.69, 9.17) is 0 Å². The fourth-order valence-corrected chi connectivity index (χ4v) is 1.40. The molecular formula is C10H15N3O3S. The molecule has 0 aliphatic carbocycles. The predicted octanol–water partition coefficient (Wildman–Crippen LogP) is -0.719. The van der Waals surface area contributed by atoms with E-state index in [-0.39, 0.29) is 18.9 Å². The molecule has 0 bridgehead atoms. The van der Waals surface area contributed by atoms with E-state index in [9.17, 15) is 14.4 Å². The van der Waals surface area contributed by atoms with Gasteiger partial charge in [0.1, 0.15) is 0 Å². The Hall–Kier alpha value is -1.50. The number of hydrogen-bond donors (Lipinski definition) is 3. The lowest BCUT2D eigenvalue weighted by Gasteiger charge is -2.06. The van der Waals surface area contributed by atoms with Crippen LogP contribution in [0.4, 0.5) is 0 Å². The summed E-state index contributed by atoms with van der Waals surface area (Å²) in [6, 6.07) is 0. The average Bonchev–Trinajstić information content (AvgIpc) is 2.29. The van der Waals surface area contributed by atoms with Crippen molar-refractivity contribution < 1.29 is 4.79 Å². The second-order valence-electron chi connectivity index (χ2n) is 3.59. The lowest BCUT2D eigenvalue weighted by atomic mass is 10.3. The zero-order valence-electron chi connectivity index (χ0n) is 9.52. The summed E-state index contributed by atoms with van der Waals surface area (Å²) in [7, 11) is 0. The Bertz CT molecular complexity index is 506. The van der Waals surface area contributed by atoms with Gasteiger partial charge in [-0.1, -0.05) is 0 Å². The van der Waals surface area contributed by atoms with Gasteiger partial charge in [-0.25, -0.2) is 4.79 Å². The number of H-pyrrole nitrogens is 1. The Balaban J connectivity index is 2.64. The number of carbonyl (C=O) groups is 1. The Morgan fingerprint density at radius 3 is 2.88 bits per heavy atom. The molecule has 0 radical (unpaired) electrons. The van der Waals surface area contributed by atoms with Crippen LogP contribution in [0, 0.1) is 6.92 Å². The minimum absolute atomic E-state index is 0.144. The largest absolute Gasteiger partial charge is 0.355 e. The molecule has 0 spiro atoms. The van der Waals surface area contributed by atoms with Crippen molar-refractivity contribution in [3.05, 3.63) is 32.6 Å². The number of rotatable bonds is 5. The van der Waals surface area contributed by atoms with Gasteiger partial charge in [0.2, 0.25) is 5.91 Å². The molecule has 0 saturated heterocycles. The van der Waals surface area contributed by atoms with E-state index in [0.717, 1.165) is 0 Å². The molecule has 1 rings (SSSR count). The molecule has 0 aliphatic rings. The normalized spacial score (nSPS) is 10.2. The van der Waals surface area contributed by atoms with Gasteiger partial charge in [0.15, 0.2) is 0 Å². The third kappa shape index (κ3) is 4.10. The number of amides is 1. The summed E-state index contributed by atoms with van der Waals surface area (Å²) in [4.78, 5) is 36.0. The van der Waals surface area contributed by atoms with Crippen LogP contribution in [0.15, 0.2) is 15.8 Å². The average molecular weight is 257 g/mol. The molecule has 0 atom stereocenters. The van der Waals surface area contributed by atoms with Gasteiger partial charge in [-0.3, -0.25) is 19.1 Å². The molecular weight excluding hydrogens is 242 g/mol. The molecule has 1 amide bonds. The molecule has 0 aromatic carbocycles. The maximum Gasteiger partial charge on any atom is 0.328 e. The molecule has 0 saturated carbocycles. The van der Waals surface area contributed by atoms with Gasteiger partial charge in [-0.15, -0.1) is 0 Å². The summed E-state index contributed by atoms with van der Waals surface area (Å²) >= 11 is 3.96. The molecule has 1 aromatic rings. The summed E-state index contributed by atoms with van der Waals surface area (Å²) in [6.07, 6.45) is 1.65. The van der Waals surface area contributed by atoms with Crippen LogP contribution in [0.3, 0.4) is 0 Å². The van der Waals surface area contributed by atoms with Crippen LogP contribution in [0.25, 0.3) is 0 Å². The first-order valence-electron chi connectivity index (χ1n) is 5.22. The van der Waals surface area contributed by atoms with Crippen molar-refractivity contribution in [2.24, 2.45) is 0 Å². The van der Waals surface area contributed by atoms with Crippen LogP contribution < -0.4 is 16.6 Å². The number of nitrogens with one attached hydrogen (secondary N) is 2. The monoisotopic (exact) mass is 257 g/mol. The summed E-state index contributed by atoms with van der Waals surface area (Å²) in [5.41, 5.74) is -0.450. The van der Waals surface area contributed by atoms with Crippen LogP contribution in [0.1, 0.15) is 12.0 Å². The van der Waals surface area contributed by atoms with Gasteiger partial charge >= 0.3 is 5.69 Å². The number of thiol groups is 1. The number of aryl methyl sites for hydroxylation is 2. The number of carbonyl (C=O) groups excluding carboxylic acids is 1. The van der Waals surface area contributed by atoms with Gasteiger partial charge in [-0.2, -0.15) is 12.6 Å². The molecule has 1 aromatic heterocycles. The zero-order chi connectivity index (χ0) is 12.8. The minimum atomic E-state index is -0.498. The Morgan fingerprint density at radius 1 is 1.53 bits per heavy atom. The van der Waals surface area contributed by atoms with E-state index in [1.54, 1.807) is 6.92 Å². The van der Waals surface area contributed by atoms with Crippen molar-refractivity contribution in [1.29, 1.82) is 0 Å². The van der Waals surface area contributed by atoms with E-state index in [1.165, 1.54) is 10.8 Å². The van der Waals surface area contributed by atoms with Crippen molar-refractivity contribution in [1.82, 2.24) is 14.9 Å². The molecule has 1 heterocycles. The minimum Gasteiger partial charge on any atom is -0.355 e. The summed E-state index contributed by atoms with van der Waals surface area (Å²) < 4.78 is 1.32. The Kier molecular flexibility index (Phi) is 5.02. The SMILES string of the molecule is Cc1cn(CCC(=O)NCCS)c(=O)[nH]c1=O. The molecule has 0 aliphatic heterocycles. The van der Waals surface area contributed by atoms with E-state index in [2.05, 4.69) is 22.9 Å². The Morgan fingerprint density at radius 2 is 2.24 bits per heavy atom. The van der Waals surface area contributed by atoms with Gasteiger partial charge in [0.05, 0.1) is 0 Å². The van der Waals surface area contributed by atoms with Crippen LogP contribution in [0.5, 0.6) is 0 Å². The fourth-order valence-electron chi connectivity index (χ4n) is 1.29. The third-order valence-electron chi connectivity index (χ3n) is 2.20. The highest BCUT2D eigenvalue weighted by Crippen LogP contribution is 1.89. The van der Waals surface area contributed by atoms with E-state index < -0.39 is 11.2 Å². The van der Waals surface area contributed by atoms with Crippen molar-refractivity contribution in [3.63, 3.8) is 0 Å². The molecule has 2 N–H and O–H groups in total. The highest BCUT2D eigenvalue weighted by atomic mass is 32.1.